The van der Waals surface area contributed by atoms with E-state index >= 15 is 0 Å². The first kappa shape index (κ1) is 25.5. The van der Waals surface area contributed by atoms with Crippen LogP contribution in [0, 0.1) is 34.5 Å². The van der Waals surface area contributed by atoms with E-state index in [-0.39, 0.29) is 42.2 Å². The minimum atomic E-state index is -0.466. The fourth-order valence-electron chi connectivity index (χ4n) is 7.54. The quantitative estimate of drug-likeness (QED) is 0.560. The van der Waals surface area contributed by atoms with Crippen molar-refractivity contribution in [2.24, 2.45) is 34.6 Å². The fourth-order valence-corrected chi connectivity index (χ4v) is 7.54. The van der Waals surface area contributed by atoms with Crippen LogP contribution < -0.4 is 11.5 Å². The van der Waals surface area contributed by atoms with Crippen molar-refractivity contribution in [1.82, 2.24) is 4.90 Å². The molecular weight excluding hydrogens is 420 g/mol. The Balaban J connectivity index is 0.00000149. The van der Waals surface area contributed by atoms with Gasteiger partial charge in [0.1, 0.15) is 11.6 Å². The molecule has 5 fully saturated rings. The average molecular weight is 461 g/mol. The first-order valence-electron chi connectivity index (χ1n) is 12.4. The summed E-state index contributed by atoms with van der Waals surface area (Å²) in [6.07, 6.45) is 7.74. The van der Waals surface area contributed by atoms with Crippen LogP contribution in [0.3, 0.4) is 0 Å². The smallest absolute Gasteiger partial charge is 0.306 e. The van der Waals surface area contributed by atoms with Gasteiger partial charge in [0.2, 0.25) is 11.8 Å². The van der Waals surface area contributed by atoms with Gasteiger partial charge in [-0.2, -0.15) is 5.26 Å². The molecule has 8 heteroatoms. The zero-order valence-corrected chi connectivity index (χ0v) is 20.3. The van der Waals surface area contributed by atoms with Crippen LogP contribution in [-0.4, -0.2) is 47.4 Å². The average Bonchev–Trinajstić information content (AvgIpc) is 3.01. The molecule has 1 aliphatic heterocycles. The van der Waals surface area contributed by atoms with Crippen molar-refractivity contribution in [2.75, 3.05) is 7.05 Å². The highest BCUT2D eigenvalue weighted by Crippen LogP contribution is 2.64. The van der Waals surface area contributed by atoms with Gasteiger partial charge < -0.3 is 21.1 Å². The Hall–Kier alpha value is -2.14. The maximum atomic E-state index is 13.4. The number of nitrogens with zero attached hydrogens (tertiary/aromatic N) is 2. The van der Waals surface area contributed by atoms with E-state index in [9.17, 15) is 19.6 Å². The molecule has 1 heterocycles. The predicted molar refractivity (Wildman–Crippen MR) is 123 cm³/mol. The van der Waals surface area contributed by atoms with Crippen LogP contribution in [0.15, 0.2) is 0 Å². The van der Waals surface area contributed by atoms with E-state index in [1.54, 1.807) is 0 Å². The molecule has 4 aliphatic carbocycles. The number of amides is 2. The standard InChI is InChI=1S/C24H35N3O4.CH5N/c1-15-6-19(13-25)27(16(15)2)21(29)12-23-8-17-7-18(9-23)11-24(10-17,14-23)31-22(30)5-3-4-20(26)28;1-2/h15-19H,3-12,14H2,1-2H3,(H2,26,28);2H2,1H3/t15?,16-,17?,18?,19?,23?,24?;/m0./s1. The number of ether oxygens (including phenoxy) is 1. The summed E-state index contributed by atoms with van der Waals surface area (Å²) in [6.45, 7) is 4.16. The Labute approximate surface area is 197 Å². The number of nitriles is 1. The largest absolute Gasteiger partial charge is 0.459 e. The molecule has 4 unspecified atom stereocenters. The monoisotopic (exact) mass is 460 g/mol. The lowest BCUT2D eigenvalue weighted by atomic mass is 9.47. The molecule has 5 atom stereocenters. The van der Waals surface area contributed by atoms with Gasteiger partial charge in [0.05, 0.1) is 6.07 Å². The fraction of sp³-hybridized carbons (Fsp3) is 0.840. The van der Waals surface area contributed by atoms with Crippen LogP contribution in [0.25, 0.3) is 0 Å². The maximum Gasteiger partial charge on any atom is 0.306 e. The first-order valence-corrected chi connectivity index (χ1v) is 12.4. The number of esters is 1. The summed E-state index contributed by atoms with van der Waals surface area (Å²) < 4.78 is 6.08. The van der Waals surface area contributed by atoms with Crippen molar-refractivity contribution in [3.05, 3.63) is 0 Å². The molecule has 5 aliphatic rings. The summed E-state index contributed by atoms with van der Waals surface area (Å²) in [5.41, 5.74) is 9.08. The van der Waals surface area contributed by atoms with Crippen molar-refractivity contribution >= 4 is 17.8 Å². The van der Waals surface area contributed by atoms with Crippen LogP contribution in [0.2, 0.25) is 0 Å². The van der Waals surface area contributed by atoms with Crippen LogP contribution in [-0.2, 0) is 19.1 Å². The lowest BCUT2D eigenvalue weighted by molar-refractivity contribution is -0.203. The molecule has 33 heavy (non-hydrogen) atoms. The molecule has 4 N–H and O–H groups in total. The van der Waals surface area contributed by atoms with Crippen LogP contribution >= 0.6 is 0 Å². The molecule has 8 nitrogen and oxygen atoms in total. The van der Waals surface area contributed by atoms with Gasteiger partial charge in [-0.05, 0) is 88.5 Å². The minimum absolute atomic E-state index is 0.0862. The third-order valence-corrected chi connectivity index (χ3v) is 8.42. The summed E-state index contributed by atoms with van der Waals surface area (Å²) in [6, 6.07) is 2.08. The second kappa shape index (κ2) is 10.0. The Morgan fingerprint density at radius 1 is 1.06 bits per heavy atom. The topological polar surface area (TPSA) is 140 Å². The number of carbonyl (C=O) groups is 3. The molecule has 4 saturated carbocycles. The SMILES string of the molecule is CC1CC(C#N)N(C(=O)CC23CC4CC(C2)CC(OC(=O)CCCC(N)=O)(C4)C3)[C@H]1C.CN. The highest BCUT2D eigenvalue weighted by atomic mass is 16.6. The van der Waals surface area contributed by atoms with E-state index in [0.717, 1.165) is 44.9 Å². The van der Waals surface area contributed by atoms with E-state index in [0.29, 0.717) is 30.6 Å². The van der Waals surface area contributed by atoms with Crippen LogP contribution in [0.1, 0.15) is 84.5 Å². The van der Waals surface area contributed by atoms with Crippen LogP contribution in [0.4, 0.5) is 0 Å². The lowest BCUT2D eigenvalue weighted by Crippen LogP contribution is -2.58. The minimum Gasteiger partial charge on any atom is -0.459 e. The lowest BCUT2D eigenvalue weighted by Gasteiger charge is -2.61. The van der Waals surface area contributed by atoms with Gasteiger partial charge in [0.25, 0.3) is 0 Å². The van der Waals surface area contributed by atoms with E-state index in [4.69, 9.17) is 10.5 Å². The molecule has 184 valence electrons. The van der Waals surface area contributed by atoms with E-state index in [1.165, 1.54) is 7.05 Å². The van der Waals surface area contributed by atoms with Gasteiger partial charge in [-0.25, -0.2) is 0 Å². The normalized spacial score (nSPS) is 38.3. The molecule has 0 spiro atoms. The summed E-state index contributed by atoms with van der Waals surface area (Å²) in [5, 5.41) is 9.57. The van der Waals surface area contributed by atoms with Gasteiger partial charge in [0, 0.05) is 25.3 Å². The Morgan fingerprint density at radius 2 is 1.70 bits per heavy atom. The van der Waals surface area contributed by atoms with E-state index in [1.807, 2.05) is 4.90 Å². The number of hydrogen-bond donors (Lipinski definition) is 2. The molecule has 0 aromatic carbocycles. The highest BCUT2D eigenvalue weighted by molar-refractivity contribution is 5.79. The second-order valence-electron chi connectivity index (χ2n) is 11.0. The van der Waals surface area contributed by atoms with Crippen molar-refractivity contribution in [3.8, 4) is 6.07 Å². The summed E-state index contributed by atoms with van der Waals surface area (Å²) in [4.78, 5) is 38.7. The number of carbonyl (C=O) groups excluding carboxylic acids is 3. The molecule has 0 aromatic rings. The van der Waals surface area contributed by atoms with Crippen LogP contribution in [0.5, 0.6) is 0 Å². The van der Waals surface area contributed by atoms with Crippen molar-refractivity contribution in [3.63, 3.8) is 0 Å². The maximum absolute atomic E-state index is 13.4. The molecule has 4 bridgehead atoms. The summed E-state index contributed by atoms with van der Waals surface area (Å²) in [7, 11) is 1.50. The Bertz CT molecular complexity index is 793. The van der Waals surface area contributed by atoms with E-state index in [2.05, 4.69) is 25.7 Å². The number of rotatable bonds is 7. The second-order valence-corrected chi connectivity index (χ2v) is 11.0. The first-order chi connectivity index (χ1) is 15.6. The molecule has 2 amide bonds. The van der Waals surface area contributed by atoms with Gasteiger partial charge in [0.15, 0.2) is 0 Å². The van der Waals surface area contributed by atoms with Gasteiger partial charge in [-0.1, -0.05) is 6.92 Å². The van der Waals surface area contributed by atoms with Crippen molar-refractivity contribution in [1.29, 1.82) is 5.26 Å². The number of primary amides is 1. The summed E-state index contributed by atoms with van der Waals surface area (Å²) in [5.74, 6) is 0.756. The molecule has 5 rings (SSSR count). The molecule has 0 radical (unpaired) electrons. The highest BCUT2D eigenvalue weighted by Gasteiger charge is 2.60. The zero-order chi connectivity index (χ0) is 24.4. The van der Waals surface area contributed by atoms with Gasteiger partial charge in [-0.15, -0.1) is 0 Å². The van der Waals surface area contributed by atoms with Crippen molar-refractivity contribution < 1.29 is 19.1 Å². The Morgan fingerprint density at radius 3 is 2.27 bits per heavy atom. The third kappa shape index (κ3) is 5.34. The number of nitrogens with two attached hydrogens (primary N) is 2. The zero-order valence-electron chi connectivity index (χ0n) is 20.3. The number of likely N-dealkylation sites (tertiary alicyclic amines) is 1. The molecule has 1 saturated heterocycles. The van der Waals surface area contributed by atoms with E-state index < -0.39 is 11.5 Å². The predicted octanol–water partition coefficient (Wildman–Crippen LogP) is 2.64. The van der Waals surface area contributed by atoms with Gasteiger partial charge in [-0.3, -0.25) is 14.4 Å². The van der Waals surface area contributed by atoms with Crippen molar-refractivity contribution in [2.45, 2.75) is 102 Å². The molecular formula is C25H40N4O4. The third-order valence-electron chi connectivity index (χ3n) is 8.42. The van der Waals surface area contributed by atoms with Gasteiger partial charge >= 0.3 is 5.97 Å². The number of hydrogen-bond acceptors (Lipinski definition) is 6. The summed E-state index contributed by atoms with van der Waals surface area (Å²) >= 11 is 0. The molecule has 0 aromatic heterocycles. The Kier molecular flexibility index (Phi) is 7.73.